The number of halogens is 1. The van der Waals surface area contributed by atoms with Gasteiger partial charge in [0, 0.05) is 49.5 Å². The van der Waals surface area contributed by atoms with Gasteiger partial charge in [0.05, 0.1) is 29.3 Å². The van der Waals surface area contributed by atoms with Crippen LogP contribution < -0.4 is 37.6 Å². The fourth-order valence-electron chi connectivity index (χ4n) is 5.26. The predicted octanol–water partition coefficient (Wildman–Crippen LogP) is 1.24. The molecule has 14 heteroatoms. The first-order valence-corrected chi connectivity index (χ1v) is 14.2. The minimum absolute atomic E-state index is 0.118. The second kappa shape index (κ2) is 13.0. The molecule has 42 heavy (non-hydrogen) atoms. The molecule has 2 saturated heterocycles. The zero-order valence-corrected chi connectivity index (χ0v) is 23.7. The summed E-state index contributed by atoms with van der Waals surface area (Å²) in [6.45, 7) is 1.88. The van der Waals surface area contributed by atoms with E-state index >= 15 is 0 Å². The van der Waals surface area contributed by atoms with E-state index in [-0.39, 0.29) is 42.8 Å². The molecule has 2 aliphatic heterocycles. The number of nitrogens with zero attached hydrogens (tertiary/aromatic N) is 5. The van der Waals surface area contributed by atoms with Crippen molar-refractivity contribution < 1.29 is 14.7 Å². The molecule has 0 spiro atoms. The molecule has 0 unspecified atom stereocenters. The number of Topliss-reactive ketones (excluding diaryl/α,β-unsaturated/α-hetero) is 1. The van der Waals surface area contributed by atoms with E-state index in [1.165, 1.54) is 0 Å². The van der Waals surface area contributed by atoms with Crippen molar-refractivity contribution in [2.45, 2.75) is 43.5 Å². The van der Waals surface area contributed by atoms with E-state index in [2.05, 4.69) is 20.6 Å². The van der Waals surface area contributed by atoms with Crippen molar-refractivity contribution in [2.24, 2.45) is 17.2 Å². The van der Waals surface area contributed by atoms with E-state index in [9.17, 15) is 14.7 Å². The largest absolute Gasteiger partial charge is 0.391 e. The number of aromatic nitrogens is 3. The Balaban J connectivity index is 1.32. The van der Waals surface area contributed by atoms with E-state index < -0.39 is 12.0 Å². The van der Waals surface area contributed by atoms with Gasteiger partial charge in [-0.3, -0.25) is 9.59 Å². The van der Waals surface area contributed by atoms with Crippen molar-refractivity contribution in [1.82, 2.24) is 15.0 Å². The number of hydrogen-bond acceptors (Lipinski definition) is 12. The highest BCUT2D eigenvalue weighted by atomic mass is 35.5. The lowest BCUT2D eigenvalue weighted by Gasteiger charge is -2.35. The molecular weight excluding hydrogens is 560 g/mol. The van der Waals surface area contributed by atoms with Crippen molar-refractivity contribution in [2.75, 3.05) is 46.6 Å². The van der Waals surface area contributed by atoms with E-state index in [1.807, 2.05) is 9.80 Å². The van der Waals surface area contributed by atoms with E-state index in [1.54, 1.807) is 48.5 Å². The number of amides is 1. The average Bonchev–Trinajstić information content (AvgIpc) is 3.34. The number of rotatable bonds is 9. The van der Waals surface area contributed by atoms with Crippen molar-refractivity contribution in [3.05, 3.63) is 59.1 Å². The molecule has 0 radical (unpaired) electrons. The first kappa shape index (κ1) is 29.6. The Morgan fingerprint density at radius 3 is 2.38 bits per heavy atom. The molecular formula is C28H35ClN10O3. The number of carbonyl (C=O) groups excluding carboxylic acids is 2. The number of aliphatic hydroxyl groups is 1. The third kappa shape index (κ3) is 6.94. The van der Waals surface area contributed by atoms with Crippen molar-refractivity contribution in [3.63, 3.8) is 0 Å². The molecule has 5 rings (SSSR count). The van der Waals surface area contributed by atoms with E-state index in [0.29, 0.717) is 66.3 Å². The van der Waals surface area contributed by atoms with Crippen LogP contribution in [0.3, 0.4) is 0 Å². The summed E-state index contributed by atoms with van der Waals surface area (Å²) < 4.78 is 0. The van der Waals surface area contributed by atoms with Gasteiger partial charge >= 0.3 is 0 Å². The molecule has 2 aliphatic rings. The van der Waals surface area contributed by atoms with Crippen molar-refractivity contribution in [3.8, 4) is 0 Å². The number of ketones is 1. The SMILES string of the molecule is NC[C@H]1[C@@H](O)CCN1c1nc(Nc2ccc(C(=O)CC(=O)Nc3ccccc3Cl)cc2)nc(N2C[C@H](N)C[C@H](N)C2)n1. The number of piperidine rings is 1. The summed E-state index contributed by atoms with van der Waals surface area (Å²) in [4.78, 5) is 42.9. The summed E-state index contributed by atoms with van der Waals surface area (Å²) in [5, 5.41) is 16.6. The lowest BCUT2D eigenvalue weighted by molar-refractivity contribution is -0.115. The maximum absolute atomic E-state index is 12.7. The lowest BCUT2D eigenvalue weighted by atomic mass is 10.0. The number of nitrogens with one attached hydrogen (secondary N) is 2. The highest BCUT2D eigenvalue weighted by Crippen LogP contribution is 2.27. The molecule has 2 aromatic carbocycles. The number of aliphatic hydroxyl groups excluding tert-OH is 1. The summed E-state index contributed by atoms with van der Waals surface area (Å²) in [6.07, 6.45) is 0.347. The Labute approximate surface area is 248 Å². The van der Waals surface area contributed by atoms with Crippen LogP contribution in [-0.4, -0.2) is 82.2 Å². The topological polar surface area (TPSA) is 202 Å². The number of anilines is 5. The molecule has 1 aromatic heterocycles. The molecule has 0 bridgehead atoms. The fraction of sp³-hybridized carbons (Fsp3) is 0.393. The van der Waals surface area contributed by atoms with Crippen LogP contribution in [0.5, 0.6) is 0 Å². The number of nitrogens with two attached hydrogens (primary N) is 3. The molecule has 1 amide bonds. The number of benzene rings is 2. The van der Waals surface area contributed by atoms with Gasteiger partial charge in [-0.2, -0.15) is 15.0 Å². The maximum Gasteiger partial charge on any atom is 0.233 e. The Bertz CT molecular complexity index is 1420. The Morgan fingerprint density at radius 2 is 1.69 bits per heavy atom. The molecule has 3 heterocycles. The summed E-state index contributed by atoms with van der Waals surface area (Å²) in [6, 6.07) is 12.9. The maximum atomic E-state index is 12.7. The van der Waals surface area contributed by atoms with Crippen LogP contribution in [0, 0.1) is 0 Å². The number of para-hydroxylation sites is 1. The molecule has 222 valence electrons. The smallest absolute Gasteiger partial charge is 0.233 e. The van der Waals surface area contributed by atoms with E-state index in [4.69, 9.17) is 33.8 Å². The van der Waals surface area contributed by atoms with Crippen LogP contribution in [0.1, 0.15) is 29.6 Å². The second-order valence-electron chi connectivity index (χ2n) is 10.6. The van der Waals surface area contributed by atoms with Gasteiger partial charge in [-0.05, 0) is 49.2 Å². The molecule has 0 aliphatic carbocycles. The van der Waals surface area contributed by atoms with Gasteiger partial charge in [-0.1, -0.05) is 23.7 Å². The summed E-state index contributed by atoms with van der Waals surface area (Å²) >= 11 is 6.09. The Morgan fingerprint density at radius 1 is 1.00 bits per heavy atom. The summed E-state index contributed by atoms with van der Waals surface area (Å²) in [5.41, 5.74) is 19.8. The highest BCUT2D eigenvalue weighted by molar-refractivity contribution is 6.33. The van der Waals surface area contributed by atoms with Crippen LogP contribution in [0.4, 0.5) is 29.2 Å². The third-order valence-corrected chi connectivity index (χ3v) is 7.68. The summed E-state index contributed by atoms with van der Waals surface area (Å²) in [7, 11) is 0. The van der Waals surface area contributed by atoms with Crippen molar-refractivity contribution >= 4 is 52.5 Å². The van der Waals surface area contributed by atoms with Crippen molar-refractivity contribution in [1.29, 1.82) is 0 Å². The minimum Gasteiger partial charge on any atom is -0.391 e. The third-order valence-electron chi connectivity index (χ3n) is 7.35. The van der Waals surface area contributed by atoms with Gasteiger partial charge in [0.1, 0.15) is 0 Å². The molecule has 0 saturated carbocycles. The minimum atomic E-state index is -0.583. The zero-order valence-electron chi connectivity index (χ0n) is 23.0. The van der Waals surface area contributed by atoms with Gasteiger partial charge in [0.25, 0.3) is 0 Å². The normalized spacial score (nSPS) is 22.2. The number of carbonyl (C=O) groups is 2. The Hall–Kier alpha value is -3.88. The van der Waals surface area contributed by atoms with Crippen LogP contribution in [-0.2, 0) is 4.79 Å². The quantitative estimate of drug-likeness (QED) is 0.153. The van der Waals surface area contributed by atoms with Gasteiger partial charge in [-0.15, -0.1) is 0 Å². The monoisotopic (exact) mass is 594 g/mol. The number of hydrogen-bond donors (Lipinski definition) is 6. The summed E-state index contributed by atoms with van der Waals surface area (Å²) in [5.74, 6) is 0.285. The standard InChI is InChI=1S/C28H35ClN10O3/c29-20-3-1-2-4-21(20)34-25(42)12-24(41)16-5-7-19(8-6-16)33-26-35-27(38-14-17(31)11-18(32)15-38)37-28(36-26)39-10-9-23(40)22(39)13-30/h1-8,17-18,22-23,40H,9-15,30-32H2,(H,34,42)(H,33,35,36,37)/t17-,18+,22-,23-/m0/s1. The molecule has 2 fully saturated rings. The van der Waals surface area contributed by atoms with Gasteiger partial charge in [-0.25, -0.2) is 0 Å². The second-order valence-corrected chi connectivity index (χ2v) is 11.0. The van der Waals surface area contributed by atoms with Gasteiger partial charge in [0.2, 0.25) is 23.8 Å². The Kier molecular flexibility index (Phi) is 9.14. The first-order valence-electron chi connectivity index (χ1n) is 13.8. The van der Waals surface area contributed by atoms with E-state index in [0.717, 1.165) is 0 Å². The molecule has 9 N–H and O–H groups in total. The van der Waals surface area contributed by atoms with Crippen LogP contribution in [0.25, 0.3) is 0 Å². The molecule has 13 nitrogen and oxygen atoms in total. The van der Waals surface area contributed by atoms with Crippen LogP contribution in [0.2, 0.25) is 5.02 Å². The first-order chi connectivity index (χ1) is 20.2. The van der Waals surface area contributed by atoms with Crippen LogP contribution >= 0.6 is 11.6 Å². The highest BCUT2D eigenvalue weighted by Gasteiger charge is 2.35. The lowest BCUT2D eigenvalue weighted by Crippen LogP contribution is -2.53. The predicted molar refractivity (Wildman–Crippen MR) is 162 cm³/mol. The van der Waals surface area contributed by atoms with Crippen LogP contribution in [0.15, 0.2) is 48.5 Å². The molecule has 3 aromatic rings. The van der Waals surface area contributed by atoms with Gasteiger partial charge in [0.15, 0.2) is 5.78 Å². The molecule has 4 atom stereocenters. The average molecular weight is 595 g/mol. The van der Waals surface area contributed by atoms with Gasteiger partial charge < -0.3 is 42.7 Å². The zero-order chi connectivity index (χ0) is 29.8. The fourth-order valence-corrected chi connectivity index (χ4v) is 5.45.